The Morgan fingerprint density at radius 1 is 1.43 bits per heavy atom. The van der Waals surface area contributed by atoms with E-state index >= 15 is 0 Å². The van der Waals surface area contributed by atoms with Crippen LogP contribution in [-0.4, -0.2) is 19.5 Å². The zero-order valence-corrected chi connectivity index (χ0v) is 7.82. The lowest BCUT2D eigenvalue weighted by molar-refractivity contribution is 0.0849. The molecule has 1 aromatic heterocycles. The lowest BCUT2D eigenvalue weighted by Gasteiger charge is -1.95. The summed E-state index contributed by atoms with van der Waals surface area (Å²) in [6, 6.07) is 7.44. The van der Waals surface area contributed by atoms with Gasteiger partial charge < -0.3 is 9.15 Å². The molecule has 0 unspecified atom stereocenters. The normalized spacial score (nSPS) is 10.6. The average molecular weight is 190 g/mol. The number of para-hydroxylation sites is 1. The van der Waals surface area contributed by atoms with Crippen molar-refractivity contribution >= 4 is 16.8 Å². The molecular weight excluding hydrogens is 180 g/mol. The zero-order valence-electron chi connectivity index (χ0n) is 7.82. The summed E-state index contributed by atoms with van der Waals surface area (Å²) in [7, 11) is 1.50. The first-order valence-corrected chi connectivity index (χ1v) is 4.31. The van der Waals surface area contributed by atoms with Crippen LogP contribution in [0, 0.1) is 0 Å². The minimum absolute atomic E-state index is 0.0579. The molecule has 1 heterocycles. The summed E-state index contributed by atoms with van der Waals surface area (Å²) < 4.78 is 10.0. The van der Waals surface area contributed by atoms with Gasteiger partial charge >= 0.3 is 0 Å². The van der Waals surface area contributed by atoms with E-state index < -0.39 is 0 Å². The maximum atomic E-state index is 11.5. The van der Waals surface area contributed by atoms with E-state index in [2.05, 4.69) is 0 Å². The number of ketones is 1. The molecule has 0 spiro atoms. The highest BCUT2D eigenvalue weighted by Gasteiger charge is 2.12. The van der Waals surface area contributed by atoms with Gasteiger partial charge in [-0.25, -0.2) is 0 Å². The molecule has 0 amide bonds. The fourth-order valence-electron chi connectivity index (χ4n) is 1.40. The Kier molecular flexibility index (Phi) is 2.33. The van der Waals surface area contributed by atoms with Crippen molar-refractivity contribution < 1.29 is 13.9 Å². The number of methoxy groups -OCH3 is 1. The smallest absolute Gasteiger partial charge is 0.192 e. The molecule has 0 bridgehead atoms. The summed E-state index contributed by atoms with van der Waals surface area (Å²) in [4.78, 5) is 11.5. The van der Waals surface area contributed by atoms with Gasteiger partial charge in [0, 0.05) is 12.5 Å². The van der Waals surface area contributed by atoms with E-state index in [1.807, 2.05) is 24.3 Å². The van der Waals surface area contributed by atoms with Gasteiger partial charge in [0.25, 0.3) is 0 Å². The molecule has 0 aliphatic rings. The molecule has 0 N–H and O–H groups in total. The first-order valence-electron chi connectivity index (χ1n) is 4.31. The Hall–Kier alpha value is -1.61. The van der Waals surface area contributed by atoms with E-state index in [1.54, 1.807) is 0 Å². The molecule has 72 valence electrons. The standard InChI is InChI=1S/C11H10O3/c1-13-7-10(12)9-6-14-11-5-3-2-4-8(9)11/h2-6H,7H2,1H3. The molecule has 0 atom stereocenters. The highest BCUT2D eigenvalue weighted by atomic mass is 16.5. The van der Waals surface area contributed by atoms with E-state index in [1.165, 1.54) is 13.4 Å². The molecule has 3 nitrogen and oxygen atoms in total. The average Bonchev–Trinajstić information content (AvgIpc) is 2.61. The van der Waals surface area contributed by atoms with Gasteiger partial charge in [-0.15, -0.1) is 0 Å². The maximum absolute atomic E-state index is 11.5. The van der Waals surface area contributed by atoms with Crippen molar-refractivity contribution in [1.82, 2.24) is 0 Å². The van der Waals surface area contributed by atoms with Crippen LogP contribution in [0.5, 0.6) is 0 Å². The van der Waals surface area contributed by atoms with Crippen molar-refractivity contribution in [1.29, 1.82) is 0 Å². The van der Waals surface area contributed by atoms with Crippen LogP contribution in [-0.2, 0) is 4.74 Å². The van der Waals surface area contributed by atoms with Gasteiger partial charge in [-0.3, -0.25) is 4.79 Å². The quantitative estimate of drug-likeness (QED) is 0.697. The molecule has 0 saturated heterocycles. The number of furan rings is 1. The number of hydrogen-bond donors (Lipinski definition) is 0. The predicted octanol–water partition coefficient (Wildman–Crippen LogP) is 2.26. The number of benzene rings is 1. The molecule has 0 aliphatic heterocycles. The largest absolute Gasteiger partial charge is 0.464 e. The topological polar surface area (TPSA) is 39.4 Å². The van der Waals surface area contributed by atoms with Gasteiger partial charge in [0.2, 0.25) is 0 Å². The van der Waals surface area contributed by atoms with Crippen molar-refractivity contribution in [3.8, 4) is 0 Å². The summed E-state index contributed by atoms with van der Waals surface area (Å²) in [5.74, 6) is -0.0579. The van der Waals surface area contributed by atoms with Crippen LogP contribution in [0.15, 0.2) is 34.9 Å². The summed E-state index contributed by atoms with van der Waals surface area (Å²) in [6.45, 7) is 0.0868. The third kappa shape index (κ3) is 1.42. The Morgan fingerprint density at radius 3 is 3.00 bits per heavy atom. The summed E-state index contributed by atoms with van der Waals surface area (Å²) >= 11 is 0. The van der Waals surface area contributed by atoms with Gasteiger partial charge in [-0.05, 0) is 6.07 Å². The van der Waals surface area contributed by atoms with Gasteiger partial charge in [0.1, 0.15) is 18.5 Å². The van der Waals surface area contributed by atoms with Crippen LogP contribution < -0.4 is 0 Å². The second-order valence-electron chi connectivity index (χ2n) is 3.00. The van der Waals surface area contributed by atoms with E-state index in [9.17, 15) is 4.79 Å². The fourth-order valence-corrected chi connectivity index (χ4v) is 1.40. The first-order chi connectivity index (χ1) is 6.83. The Bertz CT molecular complexity index is 456. The summed E-state index contributed by atoms with van der Waals surface area (Å²) in [6.07, 6.45) is 1.48. The van der Waals surface area contributed by atoms with Crippen molar-refractivity contribution in [2.75, 3.05) is 13.7 Å². The van der Waals surface area contributed by atoms with Crippen LogP contribution in [0.1, 0.15) is 10.4 Å². The zero-order chi connectivity index (χ0) is 9.97. The monoisotopic (exact) mass is 190 g/mol. The first kappa shape index (κ1) is 8.97. The Labute approximate surface area is 81.3 Å². The molecular formula is C11H10O3. The Morgan fingerprint density at radius 2 is 2.21 bits per heavy atom. The number of carbonyl (C=O) groups excluding carboxylic acids is 1. The third-order valence-electron chi connectivity index (χ3n) is 2.06. The number of hydrogen-bond acceptors (Lipinski definition) is 3. The van der Waals surface area contributed by atoms with Crippen molar-refractivity contribution in [3.63, 3.8) is 0 Å². The Balaban J connectivity index is 2.47. The number of rotatable bonds is 3. The second kappa shape index (κ2) is 3.64. The summed E-state index contributed by atoms with van der Waals surface area (Å²) in [5, 5.41) is 0.842. The van der Waals surface area contributed by atoms with Crippen LogP contribution in [0.3, 0.4) is 0 Å². The molecule has 2 aromatic rings. The second-order valence-corrected chi connectivity index (χ2v) is 3.00. The van der Waals surface area contributed by atoms with Crippen LogP contribution in [0.4, 0.5) is 0 Å². The molecule has 3 heteroatoms. The van der Waals surface area contributed by atoms with E-state index in [0.29, 0.717) is 5.56 Å². The van der Waals surface area contributed by atoms with Crippen molar-refractivity contribution in [2.24, 2.45) is 0 Å². The molecule has 0 fully saturated rings. The SMILES string of the molecule is COCC(=O)c1coc2ccccc12. The summed E-state index contributed by atoms with van der Waals surface area (Å²) in [5.41, 5.74) is 1.31. The lowest BCUT2D eigenvalue weighted by Crippen LogP contribution is -2.05. The predicted molar refractivity (Wildman–Crippen MR) is 52.4 cm³/mol. The van der Waals surface area contributed by atoms with Crippen LogP contribution in [0.25, 0.3) is 11.0 Å². The number of fused-ring (bicyclic) bond motifs is 1. The molecule has 0 radical (unpaired) electrons. The molecule has 0 aliphatic carbocycles. The molecule has 14 heavy (non-hydrogen) atoms. The number of ether oxygens (including phenoxy) is 1. The van der Waals surface area contributed by atoms with E-state index in [4.69, 9.17) is 9.15 Å². The number of Topliss-reactive ketones (excluding diaryl/α,β-unsaturated/α-hetero) is 1. The number of carbonyl (C=O) groups is 1. The lowest BCUT2D eigenvalue weighted by atomic mass is 10.1. The highest BCUT2D eigenvalue weighted by Crippen LogP contribution is 2.20. The molecule has 2 rings (SSSR count). The minimum Gasteiger partial charge on any atom is -0.464 e. The maximum Gasteiger partial charge on any atom is 0.192 e. The fraction of sp³-hybridized carbons (Fsp3) is 0.182. The van der Waals surface area contributed by atoms with Gasteiger partial charge in [0.05, 0.1) is 5.56 Å². The van der Waals surface area contributed by atoms with Gasteiger partial charge in [-0.2, -0.15) is 0 Å². The van der Waals surface area contributed by atoms with Crippen LogP contribution >= 0.6 is 0 Å². The highest BCUT2D eigenvalue weighted by molar-refractivity contribution is 6.07. The third-order valence-corrected chi connectivity index (χ3v) is 2.06. The van der Waals surface area contributed by atoms with Crippen LogP contribution in [0.2, 0.25) is 0 Å². The molecule has 0 saturated carbocycles. The van der Waals surface area contributed by atoms with E-state index in [-0.39, 0.29) is 12.4 Å². The minimum atomic E-state index is -0.0579. The van der Waals surface area contributed by atoms with Gasteiger partial charge in [0.15, 0.2) is 5.78 Å². The van der Waals surface area contributed by atoms with Crippen molar-refractivity contribution in [2.45, 2.75) is 0 Å². The van der Waals surface area contributed by atoms with E-state index in [0.717, 1.165) is 11.0 Å². The van der Waals surface area contributed by atoms with Crippen molar-refractivity contribution in [3.05, 3.63) is 36.1 Å². The molecule has 1 aromatic carbocycles. The van der Waals surface area contributed by atoms with Gasteiger partial charge in [-0.1, -0.05) is 18.2 Å².